The van der Waals surface area contributed by atoms with E-state index in [9.17, 15) is 35.5 Å². The minimum absolute atomic E-state index is 0.0287. The van der Waals surface area contributed by atoms with Crippen molar-refractivity contribution in [1.29, 1.82) is 0 Å². The molecule has 14 heteroatoms. The fraction of sp³-hybridized carbons (Fsp3) is 0.455. The molecule has 36 heavy (non-hydrogen) atoms. The molecule has 1 aromatic rings. The third-order valence-corrected chi connectivity index (χ3v) is 6.50. The number of fused-ring (bicyclic) bond motifs is 1. The molecular weight excluding hydrogens is 537 g/mol. The predicted molar refractivity (Wildman–Crippen MR) is 126 cm³/mol. The van der Waals surface area contributed by atoms with Gasteiger partial charge in [-0.25, -0.2) is 8.78 Å². The van der Waals surface area contributed by atoms with Crippen molar-refractivity contribution < 1.29 is 35.5 Å². The van der Waals surface area contributed by atoms with Crippen LogP contribution in [0.5, 0.6) is 0 Å². The van der Waals surface area contributed by atoms with Gasteiger partial charge in [-0.3, -0.25) is 9.69 Å². The molecule has 1 amide bonds. The van der Waals surface area contributed by atoms with Gasteiger partial charge in [0.15, 0.2) is 5.11 Å². The van der Waals surface area contributed by atoms with E-state index in [2.05, 4.69) is 0 Å². The normalized spacial score (nSPS) is 19.1. The van der Waals surface area contributed by atoms with Crippen LogP contribution >= 0.6 is 23.8 Å². The first kappa shape index (κ1) is 28.0. The molecular formula is C22H22ClF7N4OS. The van der Waals surface area contributed by atoms with E-state index in [-0.39, 0.29) is 41.1 Å². The molecule has 0 bridgehead atoms. The average Bonchev–Trinajstić information content (AvgIpc) is 3.19. The Balaban J connectivity index is 2.21. The summed E-state index contributed by atoms with van der Waals surface area (Å²) >= 11 is 11.1. The lowest BCUT2D eigenvalue weighted by atomic mass is 10.1. The first-order valence-corrected chi connectivity index (χ1v) is 11.6. The van der Waals surface area contributed by atoms with E-state index >= 15 is 0 Å². The second-order valence-corrected chi connectivity index (χ2v) is 8.64. The van der Waals surface area contributed by atoms with Crippen LogP contribution in [0.3, 0.4) is 0 Å². The van der Waals surface area contributed by atoms with Crippen LogP contribution in [-0.4, -0.2) is 59.3 Å². The first-order chi connectivity index (χ1) is 16.7. The number of anilines is 2. The Morgan fingerprint density at radius 3 is 1.97 bits per heavy atom. The topological polar surface area (TPSA) is 30.0 Å². The van der Waals surface area contributed by atoms with Gasteiger partial charge < -0.3 is 14.7 Å². The second-order valence-electron chi connectivity index (χ2n) is 7.86. The largest absolute Gasteiger partial charge is 0.417 e. The summed E-state index contributed by atoms with van der Waals surface area (Å²) in [4.78, 5) is 17.7. The molecule has 0 aliphatic carbocycles. The van der Waals surface area contributed by atoms with E-state index in [1.54, 1.807) is 20.8 Å². The highest BCUT2D eigenvalue weighted by molar-refractivity contribution is 7.80. The number of benzene rings is 1. The number of alkyl halides is 7. The SMILES string of the molecule is CCN1C(=O)/C(=C\C=C2/N(CC)c3cc(Cl)c(C(F)(F)F)cc3N2CC(F)(F)C(F)F)N(CC)C1=S. The maximum absolute atomic E-state index is 14.2. The zero-order valence-corrected chi connectivity index (χ0v) is 20.9. The number of carbonyl (C=O) groups is 1. The standard InChI is InChI=1S/C22H22ClF7N4OS/c1-4-31-16-10-13(23)12(22(28,29)30)9-15(16)34(11-21(26,27)19(24)25)17(31)8-7-14-18(35)33(6-3)20(36)32(14)5-2/h7-10,19H,4-6,11H2,1-3H3/b14-7+,17-8+. The van der Waals surface area contributed by atoms with Gasteiger partial charge in [-0.2, -0.15) is 22.0 Å². The van der Waals surface area contributed by atoms with Gasteiger partial charge in [-0.05, 0) is 57.3 Å². The smallest absolute Gasteiger partial charge is 0.326 e. The monoisotopic (exact) mass is 558 g/mol. The van der Waals surface area contributed by atoms with Crippen LogP contribution in [0.1, 0.15) is 26.3 Å². The van der Waals surface area contributed by atoms with Crippen LogP contribution in [0, 0.1) is 0 Å². The van der Waals surface area contributed by atoms with Crippen LogP contribution in [0.25, 0.3) is 0 Å². The number of hydrogen-bond donors (Lipinski definition) is 0. The van der Waals surface area contributed by atoms with Crippen molar-refractivity contribution in [2.45, 2.75) is 39.3 Å². The van der Waals surface area contributed by atoms with Crippen LogP contribution in [0.4, 0.5) is 42.1 Å². The molecule has 0 aromatic heterocycles. The van der Waals surface area contributed by atoms with Crippen molar-refractivity contribution in [1.82, 2.24) is 9.80 Å². The van der Waals surface area contributed by atoms with E-state index < -0.39 is 41.6 Å². The Kier molecular flexibility index (Phi) is 7.85. The summed E-state index contributed by atoms with van der Waals surface area (Å²) in [5.41, 5.74) is -1.52. The molecule has 0 saturated carbocycles. The number of likely N-dealkylation sites (N-methyl/N-ethyl adjacent to an activating group) is 2. The van der Waals surface area contributed by atoms with Crippen molar-refractivity contribution in [3.63, 3.8) is 0 Å². The number of rotatable bonds is 7. The Morgan fingerprint density at radius 2 is 1.47 bits per heavy atom. The number of carbonyl (C=O) groups excluding carboxylic acids is 1. The average molecular weight is 559 g/mol. The summed E-state index contributed by atoms with van der Waals surface area (Å²) in [5, 5.41) is -0.439. The number of amides is 1. The van der Waals surface area contributed by atoms with E-state index in [1.165, 1.54) is 26.9 Å². The Labute approximate surface area is 213 Å². The molecule has 0 N–H and O–H groups in total. The van der Waals surface area contributed by atoms with Gasteiger partial charge in [0, 0.05) is 19.6 Å². The van der Waals surface area contributed by atoms with Crippen LogP contribution in [0.15, 0.2) is 35.8 Å². The Bertz CT molecular complexity index is 1120. The van der Waals surface area contributed by atoms with Crippen molar-refractivity contribution in [2.75, 3.05) is 36.0 Å². The predicted octanol–water partition coefficient (Wildman–Crippen LogP) is 6.10. The summed E-state index contributed by atoms with van der Waals surface area (Å²) in [5.74, 6) is -5.13. The summed E-state index contributed by atoms with van der Waals surface area (Å²) in [7, 11) is 0. The zero-order chi connectivity index (χ0) is 27.2. The van der Waals surface area contributed by atoms with E-state index in [0.717, 1.165) is 6.07 Å². The van der Waals surface area contributed by atoms with Crippen LogP contribution < -0.4 is 9.80 Å². The zero-order valence-electron chi connectivity index (χ0n) is 19.3. The van der Waals surface area contributed by atoms with Gasteiger partial charge in [-0.1, -0.05) is 11.6 Å². The molecule has 0 spiro atoms. The van der Waals surface area contributed by atoms with Crippen molar-refractivity contribution in [2.24, 2.45) is 0 Å². The molecule has 0 atom stereocenters. The highest BCUT2D eigenvalue weighted by atomic mass is 35.5. The van der Waals surface area contributed by atoms with E-state index in [4.69, 9.17) is 23.8 Å². The van der Waals surface area contributed by atoms with E-state index in [1.807, 2.05) is 0 Å². The van der Waals surface area contributed by atoms with Gasteiger partial charge in [0.1, 0.15) is 11.5 Å². The maximum atomic E-state index is 14.2. The van der Waals surface area contributed by atoms with Crippen LogP contribution in [-0.2, 0) is 11.0 Å². The number of thiocarbonyl (C=S) groups is 1. The second kappa shape index (κ2) is 10.1. The maximum Gasteiger partial charge on any atom is 0.417 e. The molecule has 1 aromatic carbocycles. The van der Waals surface area contributed by atoms with Gasteiger partial charge >= 0.3 is 18.5 Å². The molecule has 1 fully saturated rings. The van der Waals surface area contributed by atoms with Gasteiger partial charge in [-0.15, -0.1) is 0 Å². The molecule has 2 aliphatic rings. The van der Waals surface area contributed by atoms with Crippen molar-refractivity contribution in [3.8, 4) is 0 Å². The number of nitrogens with zero attached hydrogens (tertiary/aromatic N) is 4. The lowest BCUT2D eigenvalue weighted by Gasteiger charge is -2.28. The number of allylic oxidation sites excluding steroid dienone is 2. The highest BCUT2D eigenvalue weighted by Crippen LogP contribution is 2.48. The Morgan fingerprint density at radius 1 is 0.917 bits per heavy atom. The first-order valence-electron chi connectivity index (χ1n) is 10.9. The van der Waals surface area contributed by atoms with Gasteiger partial charge in [0.25, 0.3) is 5.91 Å². The van der Waals surface area contributed by atoms with Crippen molar-refractivity contribution in [3.05, 3.63) is 46.4 Å². The third-order valence-electron chi connectivity index (χ3n) is 5.75. The summed E-state index contributed by atoms with van der Waals surface area (Å²) in [6, 6.07) is 1.51. The molecule has 5 nitrogen and oxygen atoms in total. The fourth-order valence-electron chi connectivity index (χ4n) is 4.04. The quantitative estimate of drug-likeness (QED) is 0.229. The number of hydrogen-bond acceptors (Lipinski definition) is 4. The van der Waals surface area contributed by atoms with Crippen LogP contribution in [0.2, 0.25) is 5.02 Å². The fourth-order valence-corrected chi connectivity index (χ4v) is 4.74. The minimum atomic E-state index is -4.91. The van der Waals surface area contributed by atoms with Gasteiger partial charge in [0.2, 0.25) is 0 Å². The summed E-state index contributed by atoms with van der Waals surface area (Å²) < 4.78 is 95.1. The molecule has 198 valence electrons. The lowest BCUT2D eigenvalue weighted by molar-refractivity contribution is -0.137. The Hall–Kier alpha value is -2.54. The number of halogens is 8. The summed E-state index contributed by atoms with van der Waals surface area (Å²) in [6.45, 7) is 4.10. The lowest BCUT2D eigenvalue weighted by Crippen LogP contribution is -2.42. The summed E-state index contributed by atoms with van der Waals surface area (Å²) in [6.07, 6.45) is -6.46. The molecule has 2 aliphatic heterocycles. The highest BCUT2D eigenvalue weighted by Gasteiger charge is 2.47. The van der Waals surface area contributed by atoms with Crippen molar-refractivity contribution >= 4 is 46.2 Å². The van der Waals surface area contributed by atoms with Gasteiger partial charge in [0.05, 0.1) is 28.5 Å². The molecule has 1 saturated heterocycles. The molecule has 0 unspecified atom stereocenters. The molecule has 3 rings (SSSR count). The molecule has 2 heterocycles. The molecule has 0 radical (unpaired) electrons. The minimum Gasteiger partial charge on any atom is -0.326 e. The third kappa shape index (κ3) is 4.86. The van der Waals surface area contributed by atoms with E-state index in [0.29, 0.717) is 17.5 Å².